The van der Waals surface area contributed by atoms with Crippen LogP contribution in [0.5, 0.6) is 11.5 Å². The van der Waals surface area contributed by atoms with Gasteiger partial charge in [0.05, 0.1) is 7.11 Å². The largest absolute Gasteiger partial charge is 0.504 e. The molecule has 1 atom stereocenters. The van der Waals surface area contributed by atoms with Gasteiger partial charge in [-0.05, 0) is 49.6 Å². The zero-order valence-electron chi connectivity index (χ0n) is 16.1. The lowest BCUT2D eigenvalue weighted by molar-refractivity contribution is -0.119. The zero-order valence-corrected chi connectivity index (χ0v) is 16.1. The maximum absolute atomic E-state index is 13.1. The fraction of sp³-hybridized carbons (Fsp3) is 0.304. The van der Waals surface area contributed by atoms with E-state index >= 15 is 0 Å². The molecule has 1 aliphatic carbocycles. The van der Waals surface area contributed by atoms with Gasteiger partial charge < -0.3 is 9.84 Å². The monoisotopic (exact) mass is 377 g/mol. The van der Waals surface area contributed by atoms with Crippen molar-refractivity contribution in [2.75, 3.05) is 12.0 Å². The van der Waals surface area contributed by atoms with Crippen LogP contribution in [0.3, 0.4) is 0 Å². The molecule has 0 saturated carbocycles. The minimum Gasteiger partial charge on any atom is -0.504 e. The van der Waals surface area contributed by atoms with Crippen molar-refractivity contribution in [2.45, 2.75) is 38.5 Å². The first-order valence-electron chi connectivity index (χ1n) is 9.52. The maximum Gasteiger partial charge on any atom is 0.232 e. The van der Waals surface area contributed by atoms with Crippen LogP contribution in [0.2, 0.25) is 0 Å². The van der Waals surface area contributed by atoms with Crippen molar-refractivity contribution in [3.05, 3.63) is 64.9 Å². The topological polar surface area (TPSA) is 66.8 Å². The van der Waals surface area contributed by atoms with Crippen LogP contribution in [-0.4, -0.2) is 23.9 Å². The Hall–Kier alpha value is -3.08. The van der Waals surface area contributed by atoms with Gasteiger partial charge >= 0.3 is 0 Å². The van der Waals surface area contributed by atoms with Crippen LogP contribution in [0, 0.1) is 6.92 Å². The number of allylic oxidation sites excluding steroid dienone is 2. The van der Waals surface area contributed by atoms with Crippen molar-refractivity contribution in [1.29, 1.82) is 0 Å². The number of hydrogen-bond donors (Lipinski definition) is 1. The van der Waals surface area contributed by atoms with E-state index in [-0.39, 0.29) is 29.8 Å². The van der Waals surface area contributed by atoms with Gasteiger partial charge in [-0.25, -0.2) is 0 Å². The number of anilines is 1. The predicted octanol–water partition coefficient (Wildman–Crippen LogP) is 4.24. The molecule has 1 N–H and O–H groups in total. The Morgan fingerprint density at radius 1 is 1.07 bits per heavy atom. The summed E-state index contributed by atoms with van der Waals surface area (Å²) >= 11 is 0. The number of nitrogens with zero attached hydrogens (tertiary/aromatic N) is 1. The minimum absolute atomic E-state index is 0.0191. The van der Waals surface area contributed by atoms with E-state index in [4.69, 9.17) is 4.74 Å². The van der Waals surface area contributed by atoms with Crippen LogP contribution in [-0.2, 0) is 9.59 Å². The van der Waals surface area contributed by atoms with E-state index in [1.165, 1.54) is 7.11 Å². The normalized spacial score (nSPS) is 19.6. The van der Waals surface area contributed by atoms with E-state index in [1.807, 2.05) is 31.2 Å². The summed E-state index contributed by atoms with van der Waals surface area (Å²) in [5, 5.41) is 9.90. The summed E-state index contributed by atoms with van der Waals surface area (Å²) in [5.74, 6) is 0.152. The van der Waals surface area contributed by atoms with Gasteiger partial charge in [0, 0.05) is 35.7 Å². The molecule has 4 rings (SSSR count). The SMILES string of the molecule is COc1cc(C2CC(=O)N(c3ccc(C)cc3)C3=C2C(=O)CCC3)ccc1O. The van der Waals surface area contributed by atoms with Crippen molar-refractivity contribution in [3.63, 3.8) is 0 Å². The molecule has 1 aliphatic heterocycles. The molecule has 1 heterocycles. The van der Waals surface area contributed by atoms with Crippen molar-refractivity contribution in [3.8, 4) is 11.5 Å². The third kappa shape index (κ3) is 3.07. The lowest BCUT2D eigenvalue weighted by Crippen LogP contribution is -2.40. The lowest BCUT2D eigenvalue weighted by atomic mass is 9.77. The average molecular weight is 377 g/mol. The van der Waals surface area contributed by atoms with Gasteiger partial charge in [-0.3, -0.25) is 14.5 Å². The highest BCUT2D eigenvalue weighted by molar-refractivity contribution is 6.07. The number of aryl methyl sites for hydroxylation is 1. The first kappa shape index (κ1) is 18.3. The maximum atomic E-state index is 13.1. The predicted molar refractivity (Wildman–Crippen MR) is 107 cm³/mol. The van der Waals surface area contributed by atoms with Crippen LogP contribution in [0.25, 0.3) is 0 Å². The number of rotatable bonds is 3. The molecule has 5 nitrogen and oxygen atoms in total. The number of amides is 1. The van der Waals surface area contributed by atoms with E-state index in [9.17, 15) is 14.7 Å². The smallest absolute Gasteiger partial charge is 0.232 e. The molecule has 2 aliphatic rings. The number of hydrogen-bond acceptors (Lipinski definition) is 4. The van der Waals surface area contributed by atoms with Crippen LogP contribution in [0.1, 0.15) is 42.7 Å². The number of methoxy groups -OCH3 is 1. The summed E-state index contributed by atoms with van der Waals surface area (Å²) in [6, 6.07) is 12.9. The Bertz CT molecular complexity index is 975. The number of carbonyl (C=O) groups excluding carboxylic acids is 2. The van der Waals surface area contributed by atoms with Gasteiger partial charge in [0.25, 0.3) is 0 Å². The van der Waals surface area contributed by atoms with Gasteiger partial charge in [-0.1, -0.05) is 23.8 Å². The van der Waals surface area contributed by atoms with Gasteiger partial charge in [0.2, 0.25) is 5.91 Å². The number of phenols is 1. The van der Waals surface area contributed by atoms with Crippen molar-refractivity contribution in [2.24, 2.45) is 0 Å². The highest BCUT2D eigenvalue weighted by atomic mass is 16.5. The van der Waals surface area contributed by atoms with Crippen LogP contribution in [0.15, 0.2) is 53.7 Å². The first-order chi connectivity index (χ1) is 13.5. The van der Waals surface area contributed by atoms with E-state index in [0.717, 1.165) is 34.5 Å². The Morgan fingerprint density at radius 3 is 2.54 bits per heavy atom. The second kappa shape index (κ2) is 7.15. The molecule has 2 aromatic rings. The van der Waals surface area contributed by atoms with Crippen LogP contribution < -0.4 is 9.64 Å². The number of carbonyl (C=O) groups is 2. The Labute approximate surface area is 164 Å². The Morgan fingerprint density at radius 2 is 1.82 bits per heavy atom. The third-order valence-corrected chi connectivity index (χ3v) is 5.57. The highest BCUT2D eigenvalue weighted by Gasteiger charge is 2.39. The lowest BCUT2D eigenvalue weighted by Gasteiger charge is -2.38. The second-order valence-corrected chi connectivity index (χ2v) is 7.39. The molecule has 2 aromatic carbocycles. The van der Waals surface area contributed by atoms with E-state index in [2.05, 4.69) is 0 Å². The summed E-state index contributed by atoms with van der Waals surface area (Å²) in [5.41, 5.74) is 4.28. The summed E-state index contributed by atoms with van der Waals surface area (Å²) in [7, 11) is 1.49. The molecule has 0 saturated heterocycles. The molecule has 144 valence electrons. The quantitative estimate of drug-likeness (QED) is 0.869. The minimum atomic E-state index is -0.313. The molecular formula is C23H23NO4. The Kier molecular flexibility index (Phi) is 4.67. The van der Waals surface area contributed by atoms with Gasteiger partial charge in [0.15, 0.2) is 17.3 Å². The van der Waals surface area contributed by atoms with Crippen molar-refractivity contribution >= 4 is 17.4 Å². The molecule has 0 fully saturated rings. The van der Waals surface area contributed by atoms with Gasteiger partial charge in [0.1, 0.15) is 0 Å². The molecule has 1 unspecified atom stereocenters. The number of ether oxygens (including phenoxy) is 1. The fourth-order valence-electron chi connectivity index (χ4n) is 4.18. The third-order valence-electron chi connectivity index (χ3n) is 5.57. The van der Waals surface area contributed by atoms with Gasteiger partial charge in [-0.15, -0.1) is 0 Å². The summed E-state index contributed by atoms with van der Waals surface area (Å²) in [4.78, 5) is 27.8. The number of Topliss-reactive ketones (excluding diaryl/α,β-unsaturated/α-hetero) is 1. The van der Waals surface area contributed by atoms with E-state index in [0.29, 0.717) is 18.6 Å². The molecular weight excluding hydrogens is 354 g/mol. The van der Waals surface area contributed by atoms with E-state index in [1.54, 1.807) is 23.1 Å². The molecule has 5 heteroatoms. The average Bonchev–Trinajstić information content (AvgIpc) is 2.69. The molecule has 0 spiro atoms. The fourth-order valence-corrected chi connectivity index (χ4v) is 4.18. The molecule has 28 heavy (non-hydrogen) atoms. The summed E-state index contributed by atoms with van der Waals surface area (Å²) in [6.45, 7) is 2.00. The zero-order chi connectivity index (χ0) is 19.8. The number of ketones is 1. The Balaban J connectivity index is 1.84. The standard InChI is InChI=1S/C23H23NO4/c1-14-6-9-16(10-7-14)24-18-4-3-5-20(26)23(18)17(13-22(24)27)15-8-11-19(25)21(12-15)28-2/h6-12,17,25H,3-5,13H2,1-2H3. The molecule has 0 aromatic heterocycles. The van der Waals surface area contributed by atoms with Crippen LogP contribution in [0.4, 0.5) is 5.69 Å². The number of benzene rings is 2. The summed E-state index contributed by atoms with van der Waals surface area (Å²) < 4.78 is 5.22. The molecule has 0 radical (unpaired) electrons. The number of phenolic OH excluding ortho intramolecular Hbond substituents is 1. The van der Waals surface area contributed by atoms with Crippen molar-refractivity contribution < 1.29 is 19.4 Å². The first-order valence-corrected chi connectivity index (χ1v) is 9.52. The number of aromatic hydroxyl groups is 1. The highest BCUT2D eigenvalue weighted by Crippen LogP contribution is 2.44. The second-order valence-electron chi connectivity index (χ2n) is 7.39. The van der Waals surface area contributed by atoms with Crippen molar-refractivity contribution in [1.82, 2.24) is 0 Å². The van der Waals surface area contributed by atoms with E-state index < -0.39 is 0 Å². The molecule has 1 amide bonds. The van der Waals surface area contributed by atoms with Gasteiger partial charge in [-0.2, -0.15) is 0 Å². The summed E-state index contributed by atoms with van der Waals surface area (Å²) in [6.07, 6.45) is 2.16. The van der Waals surface area contributed by atoms with Crippen LogP contribution >= 0.6 is 0 Å². The molecule has 0 bridgehead atoms.